The number of aryl methyl sites for hydroxylation is 1. The van der Waals surface area contributed by atoms with Crippen molar-refractivity contribution in [3.05, 3.63) is 52.3 Å². The number of nitrogens with zero attached hydrogens (tertiary/aromatic N) is 2. The summed E-state index contributed by atoms with van der Waals surface area (Å²) in [6, 6.07) is 7.41. The zero-order chi connectivity index (χ0) is 19.4. The molecule has 1 aromatic carbocycles. The van der Waals surface area contributed by atoms with Crippen LogP contribution in [0.25, 0.3) is 11.1 Å². The third-order valence-corrected chi connectivity index (χ3v) is 3.97. The molecule has 27 heavy (non-hydrogen) atoms. The third kappa shape index (κ3) is 4.14. The van der Waals surface area contributed by atoms with Gasteiger partial charge in [-0.15, -0.1) is 0 Å². The van der Waals surface area contributed by atoms with Gasteiger partial charge in [0, 0.05) is 5.69 Å². The molecule has 0 amide bonds. The van der Waals surface area contributed by atoms with Crippen molar-refractivity contribution in [2.24, 2.45) is 5.10 Å². The molecule has 0 radical (unpaired) electrons. The van der Waals surface area contributed by atoms with Crippen LogP contribution >= 0.6 is 12.2 Å². The van der Waals surface area contributed by atoms with E-state index in [9.17, 15) is 4.79 Å². The summed E-state index contributed by atoms with van der Waals surface area (Å²) in [5, 5.41) is 7.97. The molecule has 0 unspecified atom stereocenters. The Labute approximate surface area is 160 Å². The molecule has 8 nitrogen and oxygen atoms in total. The fourth-order valence-electron chi connectivity index (χ4n) is 2.64. The van der Waals surface area contributed by atoms with Gasteiger partial charge < -0.3 is 19.5 Å². The minimum Gasteiger partial charge on any atom is -0.494 e. The van der Waals surface area contributed by atoms with E-state index < -0.39 is 0 Å². The van der Waals surface area contributed by atoms with Crippen LogP contribution in [0.4, 0.5) is 5.69 Å². The summed E-state index contributed by atoms with van der Waals surface area (Å²) in [7, 11) is 0. The summed E-state index contributed by atoms with van der Waals surface area (Å²) in [6.07, 6.45) is 1.30. The van der Waals surface area contributed by atoms with Crippen LogP contribution in [0.1, 0.15) is 25.2 Å². The van der Waals surface area contributed by atoms with Crippen LogP contribution in [0.5, 0.6) is 5.75 Å². The molecule has 2 aromatic heterocycles. The summed E-state index contributed by atoms with van der Waals surface area (Å²) in [6.45, 7) is 6.06. The summed E-state index contributed by atoms with van der Waals surface area (Å²) < 4.78 is 10.9. The number of rotatable bonds is 5. The molecule has 3 rings (SSSR count). The van der Waals surface area contributed by atoms with Crippen molar-refractivity contribution >= 4 is 39.8 Å². The second-order valence-corrected chi connectivity index (χ2v) is 6.07. The van der Waals surface area contributed by atoms with E-state index in [0.29, 0.717) is 34.1 Å². The van der Waals surface area contributed by atoms with Gasteiger partial charge >= 0.3 is 0 Å². The lowest BCUT2D eigenvalue weighted by Crippen LogP contribution is -2.25. The van der Waals surface area contributed by atoms with Gasteiger partial charge in [-0.25, -0.2) is 4.98 Å². The maximum absolute atomic E-state index is 12.1. The monoisotopic (exact) mass is 385 g/mol. The number of fused-ring (bicyclic) bond motifs is 1. The van der Waals surface area contributed by atoms with Crippen LogP contribution in [-0.4, -0.2) is 27.4 Å². The largest absolute Gasteiger partial charge is 0.494 e. The number of anilines is 1. The SMILES string of the molecule is CCOc1ccc(NC(=S)N/N=C(/C)c2c(C)oc3nc[nH]c(=O)c23)cc1. The molecule has 0 fully saturated rings. The normalized spacial score (nSPS) is 11.4. The van der Waals surface area contributed by atoms with Crippen LogP contribution in [-0.2, 0) is 0 Å². The first-order chi connectivity index (χ1) is 13.0. The first kappa shape index (κ1) is 18.6. The Morgan fingerprint density at radius 3 is 2.81 bits per heavy atom. The molecule has 0 atom stereocenters. The smallest absolute Gasteiger partial charge is 0.262 e. The van der Waals surface area contributed by atoms with Gasteiger partial charge in [0.05, 0.1) is 24.2 Å². The molecular formula is C18H19N5O3S. The van der Waals surface area contributed by atoms with Gasteiger partial charge in [0.25, 0.3) is 5.56 Å². The average molecular weight is 385 g/mol. The summed E-state index contributed by atoms with van der Waals surface area (Å²) in [5.41, 5.74) is 4.72. The van der Waals surface area contributed by atoms with Crippen LogP contribution in [0, 0.1) is 6.92 Å². The predicted molar refractivity (Wildman–Crippen MR) is 109 cm³/mol. The topological polar surface area (TPSA) is 105 Å². The number of ether oxygens (including phenoxy) is 1. The summed E-state index contributed by atoms with van der Waals surface area (Å²) >= 11 is 5.26. The van der Waals surface area contributed by atoms with E-state index in [2.05, 4.69) is 25.8 Å². The van der Waals surface area contributed by atoms with Gasteiger partial charge in [-0.3, -0.25) is 10.2 Å². The van der Waals surface area contributed by atoms with Crippen molar-refractivity contribution in [1.29, 1.82) is 0 Å². The first-order valence-electron chi connectivity index (χ1n) is 8.31. The number of hydrogen-bond acceptors (Lipinski definition) is 6. The fourth-order valence-corrected chi connectivity index (χ4v) is 2.80. The highest BCUT2D eigenvalue weighted by molar-refractivity contribution is 7.80. The highest BCUT2D eigenvalue weighted by Gasteiger charge is 2.17. The zero-order valence-corrected chi connectivity index (χ0v) is 15.9. The second-order valence-electron chi connectivity index (χ2n) is 5.67. The van der Waals surface area contributed by atoms with E-state index in [4.69, 9.17) is 21.4 Å². The van der Waals surface area contributed by atoms with Gasteiger partial charge in [-0.05, 0) is 57.3 Å². The maximum Gasteiger partial charge on any atom is 0.262 e. The van der Waals surface area contributed by atoms with Crippen molar-refractivity contribution < 1.29 is 9.15 Å². The number of thiocarbonyl (C=S) groups is 1. The van der Waals surface area contributed by atoms with E-state index in [0.717, 1.165) is 11.4 Å². The van der Waals surface area contributed by atoms with Gasteiger partial charge in [-0.2, -0.15) is 5.10 Å². The van der Waals surface area contributed by atoms with Gasteiger partial charge in [-0.1, -0.05) is 0 Å². The molecule has 0 aliphatic heterocycles. The van der Waals surface area contributed by atoms with Crippen molar-refractivity contribution in [3.8, 4) is 5.75 Å². The minimum absolute atomic E-state index is 0.274. The van der Waals surface area contributed by atoms with E-state index in [1.165, 1.54) is 6.33 Å². The van der Waals surface area contributed by atoms with Crippen LogP contribution in [0.15, 0.2) is 44.9 Å². The van der Waals surface area contributed by atoms with Gasteiger partial charge in [0.1, 0.15) is 16.9 Å². The average Bonchev–Trinajstić information content (AvgIpc) is 2.99. The molecule has 0 aliphatic rings. The maximum atomic E-state index is 12.1. The van der Waals surface area contributed by atoms with E-state index in [1.54, 1.807) is 13.8 Å². The molecule has 3 N–H and O–H groups in total. The fraction of sp³-hybridized carbons (Fsp3) is 0.222. The number of furan rings is 1. The van der Waals surface area contributed by atoms with E-state index >= 15 is 0 Å². The molecular weight excluding hydrogens is 366 g/mol. The van der Waals surface area contributed by atoms with Crippen LogP contribution in [0.2, 0.25) is 0 Å². The summed E-state index contributed by atoms with van der Waals surface area (Å²) in [5.74, 6) is 1.35. The molecule has 0 spiro atoms. The van der Waals surface area contributed by atoms with Crippen molar-refractivity contribution in [2.75, 3.05) is 11.9 Å². The molecule has 0 bridgehead atoms. The Kier molecular flexibility index (Phi) is 5.51. The highest BCUT2D eigenvalue weighted by atomic mass is 32.1. The minimum atomic E-state index is -0.281. The lowest BCUT2D eigenvalue weighted by Gasteiger charge is -2.09. The van der Waals surface area contributed by atoms with Crippen molar-refractivity contribution in [2.45, 2.75) is 20.8 Å². The Morgan fingerprint density at radius 1 is 1.37 bits per heavy atom. The van der Waals surface area contributed by atoms with E-state index in [1.807, 2.05) is 31.2 Å². The zero-order valence-electron chi connectivity index (χ0n) is 15.1. The predicted octanol–water partition coefficient (Wildman–Crippen LogP) is 2.93. The third-order valence-electron chi connectivity index (χ3n) is 3.78. The Hall–Kier alpha value is -3.20. The number of benzene rings is 1. The molecule has 140 valence electrons. The Balaban J connectivity index is 1.73. The lowest BCUT2D eigenvalue weighted by molar-refractivity contribution is 0.340. The second kappa shape index (κ2) is 8.00. The number of H-pyrrole nitrogens is 1. The standard InChI is InChI=1S/C18H19N5O3S/c1-4-25-13-7-5-12(6-8-13)21-18(27)23-22-10(2)14-11(3)26-17-15(14)16(24)19-9-20-17/h5-9H,4H2,1-3H3,(H,19,20,24)(H2,21,23,27)/b22-10-. The molecule has 0 aliphatic carbocycles. The van der Waals surface area contributed by atoms with Crippen molar-refractivity contribution in [3.63, 3.8) is 0 Å². The highest BCUT2D eigenvalue weighted by Crippen LogP contribution is 2.21. The molecule has 0 saturated carbocycles. The van der Waals surface area contributed by atoms with Crippen LogP contribution < -0.4 is 21.0 Å². The Morgan fingerprint density at radius 2 is 2.11 bits per heavy atom. The number of hydrazone groups is 1. The van der Waals surface area contributed by atoms with Crippen LogP contribution in [0.3, 0.4) is 0 Å². The lowest BCUT2D eigenvalue weighted by atomic mass is 10.1. The number of aromatic amines is 1. The number of hydrogen-bond donors (Lipinski definition) is 3. The van der Waals surface area contributed by atoms with Gasteiger partial charge in [0.15, 0.2) is 5.11 Å². The molecule has 2 heterocycles. The first-order valence-corrected chi connectivity index (χ1v) is 8.71. The number of aromatic nitrogens is 2. The summed E-state index contributed by atoms with van der Waals surface area (Å²) in [4.78, 5) is 18.7. The molecule has 0 saturated heterocycles. The quantitative estimate of drug-likeness (QED) is 0.352. The van der Waals surface area contributed by atoms with Crippen molar-refractivity contribution in [1.82, 2.24) is 15.4 Å². The van der Waals surface area contributed by atoms with Gasteiger partial charge in [0.2, 0.25) is 5.71 Å². The molecule has 9 heteroatoms. The number of nitrogens with one attached hydrogen (secondary N) is 3. The Bertz CT molecular complexity index is 1050. The van der Waals surface area contributed by atoms with E-state index in [-0.39, 0.29) is 11.3 Å². The molecule has 3 aromatic rings.